The van der Waals surface area contributed by atoms with E-state index < -0.39 is 16.1 Å². The fourth-order valence-corrected chi connectivity index (χ4v) is 4.38. The molecule has 1 unspecified atom stereocenters. The molecule has 2 rings (SSSR count). The molecule has 0 aromatic carbocycles. The van der Waals surface area contributed by atoms with E-state index in [0.717, 1.165) is 11.3 Å². The van der Waals surface area contributed by atoms with Crippen molar-refractivity contribution in [3.05, 3.63) is 17.0 Å². The molecule has 0 saturated carbocycles. The van der Waals surface area contributed by atoms with E-state index in [1.165, 1.54) is 16.4 Å². The molecule has 1 aromatic heterocycles. The number of hydrogen-bond donors (Lipinski definition) is 1. The van der Waals surface area contributed by atoms with Crippen molar-refractivity contribution in [3.63, 3.8) is 0 Å². The molecule has 1 saturated heterocycles. The van der Waals surface area contributed by atoms with Crippen molar-refractivity contribution in [2.45, 2.75) is 10.3 Å². The molecule has 1 atom stereocenters. The highest BCUT2D eigenvalue weighted by molar-refractivity contribution is 7.91. The SMILES string of the molecule is N#Cc1ccc(S(=O)(=O)N2CCOC(CO)C2)s1. The molecule has 0 aliphatic carbocycles. The predicted octanol–water partition coefficient (Wildman–Crippen LogP) is 0.00158. The molecular formula is C10H12N2O4S2. The van der Waals surface area contributed by atoms with E-state index in [1.807, 2.05) is 6.07 Å². The quantitative estimate of drug-likeness (QED) is 0.845. The zero-order chi connectivity index (χ0) is 13.2. The first-order valence-corrected chi connectivity index (χ1v) is 7.56. The maximum absolute atomic E-state index is 12.3. The second-order valence-corrected chi connectivity index (χ2v) is 7.02. The summed E-state index contributed by atoms with van der Waals surface area (Å²) < 4.78 is 31.2. The first-order valence-electron chi connectivity index (χ1n) is 5.30. The lowest BCUT2D eigenvalue weighted by Crippen LogP contribution is -2.46. The van der Waals surface area contributed by atoms with Gasteiger partial charge in [0.1, 0.15) is 15.2 Å². The Bertz CT molecular complexity index is 561. The van der Waals surface area contributed by atoms with Crippen LogP contribution in [-0.4, -0.2) is 50.2 Å². The van der Waals surface area contributed by atoms with Crippen molar-refractivity contribution in [1.82, 2.24) is 4.31 Å². The third-order valence-corrected chi connectivity index (χ3v) is 5.91. The highest BCUT2D eigenvalue weighted by Gasteiger charge is 2.31. The largest absolute Gasteiger partial charge is 0.394 e. The average Bonchev–Trinajstić information content (AvgIpc) is 2.88. The predicted molar refractivity (Wildman–Crippen MR) is 64.6 cm³/mol. The van der Waals surface area contributed by atoms with Crippen LogP contribution in [0.3, 0.4) is 0 Å². The van der Waals surface area contributed by atoms with E-state index >= 15 is 0 Å². The van der Waals surface area contributed by atoms with Crippen LogP contribution in [0.5, 0.6) is 0 Å². The average molecular weight is 288 g/mol. The molecule has 1 aliphatic heterocycles. The van der Waals surface area contributed by atoms with Crippen molar-refractivity contribution >= 4 is 21.4 Å². The Balaban J connectivity index is 2.23. The first kappa shape index (κ1) is 13.5. The van der Waals surface area contributed by atoms with Crippen LogP contribution < -0.4 is 0 Å². The van der Waals surface area contributed by atoms with Crippen molar-refractivity contribution in [1.29, 1.82) is 5.26 Å². The summed E-state index contributed by atoms with van der Waals surface area (Å²) in [5.74, 6) is 0. The van der Waals surface area contributed by atoms with Crippen LogP contribution in [0.1, 0.15) is 4.88 Å². The molecule has 0 spiro atoms. The van der Waals surface area contributed by atoms with E-state index in [1.54, 1.807) is 0 Å². The van der Waals surface area contributed by atoms with Crippen LogP contribution in [-0.2, 0) is 14.8 Å². The van der Waals surface area contributed by atoms with Gasteiger partial charge in [-0.3, -0.25) is 0 Å². The monoisotopic (exact) mass is 288 g/mol. The number of ether oxygens (including phenoxy) is 1. The van der Waals surface area contributed by atoms with Gasteiger partial charge in [-0.1, -0.05) is 0 Å². The third-order valence-electron chi connectivity index (χ3n) is 2.59. The highest BCUT2D eigenvalue weighted by atomic mass is 32.2. The number of hydrogen-bond acceptors (Lipinski definition) is 6. The summed E-state index contributed by atoms with van der Waals surface area (Å²) in [4.78, 5) is 0.362. The van der Waals surface area contributed by atoms with Gasteiger partial charge in [0, 0.05) is 13.1 Å². The van der Waals surface area contributed by atoms with E-state index in [-0.39, 0.29) is 30.5 Å². The third kappa shape index (κ3) is 2.55. The molecule has 1 N–H and O–H groups in total. The van der Waals surface area contributed by atoms with E-state index in [4.69, 9.17) is 15.1 Å². The zero-order valence-corrected chi connectivity index (χ0v) is 11.1. The zero-order valence-electron chi connectivity index (χ0n) is 9.44. The van der Waals surface area contributed by atoms with Crippen LogP contribution in [0.2, 0.25) is 0 Å². The van der Waals surface area contributed by atoms with Gasteiger partial charge in [0.15, 0.2) is 0 Å². The lowest BCUT2D eigenvalue weighted by atomic mass is 10.3. The molecule has 1 fully saturated rings. The molecule has 1 aliphatic rings. The molecule has 0 bridgehead atoms. The number of sulfonamides is 1. The number of morpholine rings is 1. The molecule has 6 nitrogen and oxygen atoms in total. The summed E-state index contributed by atoms with van der Waals surface area (Å²) in [6.45, 7) is 0.456. The summed E-state index contributed by atoms with van der Waals surface area (Å²) >= 11 is 0.948. The van der Waals surface area contributed by atoms with Gasteiger partial charge in [-0.15, -0.1) is 11.3 Å². The topological polar surface area (TPSA) is 90.6 Å². The van der Waals surface area contributed by atoms with Gasteiger partial charge in [0.2, 0.25) is 0 Å². The van der Waals surface area contributed by atoms with Gasteiger partial charge >= 0.3 is 0 Å². The fraction of sp³-hybridized carbons (Fsp3) is 0.500. The summed E-state index contributed by atoms with van der Waals surface area (Å²) in [6, 6.07) is 4.83. The lowest BCUT2D eigenvalue weighted by molar-refractivity contribution is -0.0304. The van der Waals surface area contributed by atoms with Crippen molar-refractivity contribution in [2.24, 2.45) is 0 Å². The van der Waals surface area contributed by atoms with Crippen molar-refractivity contribution < 1.29 is 18.3 Å². The van der Waals surface area contributed by atoms with Gasteiger partial charge in [-0.2, -0.15) is 9.57 Å². The molecular weight excluding hydrogens is 276 g/mol. The number of aliphatic hydroxyl groups excluding tert-OH is 1. The summed E-state index contributed by atoms with van der Waals surface area (Å²) in [5, 5.41) is 17.7. The molecule has 0 radical (unpaired) electrons. The molecule has 0 amide bonds. The standard InChI is InChI=1S/C10H12N2O4S2/c11-5-9-1-2-10(17-9)18(14,15)12-3-4-16-8(6-12)7-13/h1-2,8,13H,3-4,6-7H2. The van der Waals surface area contributed by atoms with Crippen LogP contribution in [0, 0.1) is 11.3 Å². The Morgan fingerprint density at radius 1 is 1.61 bits per heavy atom. The Hall–Kier alpha value is -0.980. The lowest BCUT2D eigenvalue weighted by Gasteiger charge is -2.30. The maximum atomic E-state index is 12.3. The van der Waals surface area contributed by atoms with Gasteiger partial charge in [0.25, 0.3) is 10.0 Å². The van der Waals surface area contributed by atoms with Crippen molar-refractivity contribution in [2.75, 3.05) is 26.3 Å². The number of thiophene rings is 1. The van der Waals surface area contributed by atoms with Crippen LogP contribution >= 0.6 is 11.3 Å². The molecule has 98 valence electrons. The highest BCUT2D eigenvalue weighted by Crippen LogP contribution is 2.25. The minimum atomic E-state index is -3.58. The second-order valence-electron chi connectivity index (χ2n) is 3.77. The normalized spacial score (nSPS) is 21.7. The maximum Gasteiger partial charge on any atom is 0.252 e. The Morgan fingerprint density at radius 2 is 2.39 bits per heavy atom. The van der Waals surface area contributed by atoms with Crippen molar-refractivity contribution in [3.8, 4) is 6.07 Å². The van der Waals surface area contributed by atoms with Gasteiger partial charge in [-0.05, 0) is 12.1 Å². The van der Waals surface area contributed by atoms with Gasteiger partial charge in [0.05, 0.1) is 19.3 Å². The van der Waals surface area contributed by atoms with E-state index in [0.29, 0.717) is 4.88 Å². The van der Waals surface area contributed by atoms with Gasteiger partial charge in [-0.25, -0.2) is 8.42 Å². The van der Waals surface area contributed by atoms with Crippen LogP contribution in [0.4, 0.5) is 0 Å². The number of aliphatic hydroxyl groups is 1. The fourth-order valence-electron chi connectivity index (χ4n) is 1.67. The molecule has 2 heterocycles. The molecule has 18 heavy (non-hydrogen) atoms. The van der Waals surface area contributed by atoms with Crippen LogP contribution in [0.25, 0.3) is 0 Å². The van der Waals surface area contributed by atoms with E-state index in [2.05, 4.69) is 0 Å². The molecule has 8 heteroatoms. The Morgan fingerprint density at radius 3 is 3.00 bits per heavy atom. The van der Waals surface area contributed by atoms with E-state index in [9.17, 15) is 8.42 Å². The van der Waals surface area contributed by atoms with Gasteiger partial charge < -0.3 is 9.84 Å². The minimum absolute atomic E-state index is 0.138. The number of nitriles is 1. The Labute approximate surface area is 109 Å². The number of rotatable bonds is 3. The first-order chi connectivity index (χ1) is 8.57. The number of nitrogens with zero attached hydrogens (tertiary/aromatic N) is 2. The van der Waals surface area contributed by atoms with Crippen LogP contribution in [0.15, 0.2) is 16.3 Å². The summed E-state index contributed by atoms with van der Waals surface area (Å²) in [6.07, 6.45) is -0.482. The Kier molecular flexibility index (Phi) is 3.99. The molecule has 1 aromatic rings. The summed E-state index contributed by atoms with van der Waals surface area (Å²) in [7, 11) is -3.58. The minimum Gasteiger partial charge on any atom is -0.394 e. The second kappa shape index (κ2) is 5.34. The summed E-state index contributed by atoms with van der Waals surface area (Å²) in [5.41, 5.74) is 0. The smallest absolute Gasteiger partial charge is 0.252 e.